The van der Waals surface area contributed by atoms with Crippen LogP contribution in [0.5, 0.6) is 0 Å². The Hall–Kier alpha value is -0.610. The Labute approximate surface area is 90.3 Å². The molecule has 1 aliphatic carbocycles. The third-order valence-corrected chi connectivity index (χ3v) is 2.81. The average molecular weight is 213 g/mol. The van der Waals surface area contributed by atoms with Crippen molar-refractivity contribution in [1.29, 1.82) is 0 Å². The van der Waals surface area contributed by atoms with Crippen molar-refractivity contribution in [3.05, 3.63) is 0 Å². The topological polar surface area (TPSA) is 47.6 Å². The van der Waals surface area contributed by atoms with Crippen LogP contribution < -0.4 is 5.32 Å². The normalized spacial score (nSPS) is 22.7. The van der Waals surface area contributed by atoms with Crippen LogP contribution in [0.3, 0.4) is 0 Å². The van der Waals surface area contributed by atoms with Gasteiger partial charge < -0.3 is 14.8 Å². The first-order chi connectivity index (χ1) is 7.34. The molecule has 15 heavy (non-hydrogen) atoms. The van der Waals surface area contributed by atoms with Crippen LogP contribution in [0.15, 0.2) is 0 Å². The van der Waals surface area contributed by atoms with Crippen molar-refractivity contribution in [3.63, 3.8) is 0 Å². The number of esters is 1. The standard InChI is InChI=1S/C11H19NO3/c13-11(3-6-12-9-1-2-9)15-10-4-7-14-8-5-10/h9-10,12H,1-8H2. The zero-order valence-electron chi connectivity index (χ0n) is 9.04. The Balaban J connectivity index is 1.54. The maximum absolute atomic E-state index is 11.4. The van der Waals surface area contributed by atoms with Gasteiger partial charge in [0.15, 0.2) is 0 Å². The molecular weight excluding hydrogens is 194 g/mol. The molecule has 0 amide bonds. The zero-order chi connectivity index (χ0) is 10.5. The predicted octanol–water partition coefficient (Wildman–Crippen LogP) is 0.851. The molecule has 0 aromatic rings. The summed E-state index contributed by atoms with van der Waals surface area (Å²) in [5, 5.41) is 3.30. The third kappa shape index (κ3) is 4.18. The van der Waals surface area contributed by atoms with Crippen molar-refractivity contribution in [2.75, 3.05) is 19.8 Å². The highest BCUT2D eigenvalue weighted by Gasteiger charge is 2.21. The zero-order valence-corrected chi connectivity index (χ0v) is 9.04. The first kappa shape index (κ1) is 10.9. The van der Waals surface area contributed by atoms with Crippen molar-refractivity contribution in [3.8, 4) is 0 Å². The summed E-state index contributed by atoms with van der Waals surface area (Å²) < 4.78 is 10.5. The van der Waals surface area contributed by atoms with Crippen molar-refractivity contribution in [2.24, 2.45) is 0 Å². The van der Waals surface area contributed by atoms with Gasteiger partial charge >= 0.3 is 5.97 Å². The van der Waals surface area contributed by atoms with Gasteiger partial charge in [0.2, 0.25) is 0 Å². The highest BCUT2D eigenvalue weighted by molar-refractivity contribution is 5.69. The molecule has 1 heterocycles. The summed E-state index contributed by atoms with van der Waals surface area (Å²) in [7, 11) is 0. The van der Waals surface area contributed by atoms with E-state index < -0.39 is 0 Å². The van der Waals surface area contributed by atoms with Crippen molar-refractivity contribution in [2.45, 2.75) is 44.2 Å². The average Bonchev–Trinajstić information content (AvgIpc) is 3.03. The number of hydrogen-bond acceptors (Lipinski definition) is 4. The molecular formula is C11H19NO3. The van der Waals surface area contributed by atoms with E-state index in [4.69, 9.17) is 9.47 Å². The van der Waals surface area contributed by atoms with E-state index in [1.165, 1.54) is 12.8 Å². The van der Waals surface area contributed by atoms with Gasteiger partial charge in [-0.25, -0.2) is 0 Å². The first-order valence-electron chi connectivity index (χ1n) is 5.85. The Morgan fingerprint density at radius 2 is 2.00 bits per heavy atom. The van der Waals surface area contributed by atoms with Crippen LogP contribution in [-0.2, 0) is 14.3 Å². The largest absolute Gasteiger partial charge is 0.462 e. The molecule has 0 aromatic carbocycles. The molecule has 2 aliphatic rings. The fraction of sp³-hybridized carbons (Fsp3) is 0.909. The number of rotatable bonds is 5. The Bertz CT molecular complexity index is 210. The Morgan fingerprint density at radius 3 is 2.67 bits per heavy atom. The van der Waals surface area contributed by atoms with Crippen LogP contribution >= 0.6 is 0 Å². The quantitative estimate of drug-likeness (QED) is 0.688. The molecule has 0 atom stereocenters. The van der Waals surface area contributed by atoms with Gasteiger partial charge in [-0.3, -0.25) is 4.79 Å². The SMILES string of the molecule is O=C(CCNC1CC1)OC1CCOCC1. The van der Waals surface area contributed by atoms with Crippen molar-refractivity contribution >= 4 is 5.97 Å². The molecule has 0 aromatic heterocycles. The minimum atomic E-state index is -0.0740. The summed E-state index contributed by atoms with van der Waals surface area (Å²) in [5.41, 5.74) is 0. The second-order valence-corrected chi connectivity index (χ2v) is 4.28. The van der Waals surface area contributed by atoms with Crippen LogP contribution in [0.25, 0.3) is 0 Å². The lowest BCUT2D eigenvalue weighted by Gasteiger charge is -2.22. The van der Waals surface area contributed by atoms with E-state index in [2.05, 4.69) is 5.32 Å². The summed E-state index contributed by atoms with van der Waals surface area (Å²) in [5.74, 6) is -0.0740. The first-order valence-corrected chi connectivity index (χ1v) is 5.85. The van der Waals surface area contributed by atoms with Gasteiger partial charge in [-0.05, 0) is 12.8 Å². The van der Waals surface area contributed by atoms with Crippen LogP contribution in [0, 0.1) is 0 Å². The Morgan fingerprint density at radius 1 is 1.27 bits per heavy atom. The smallest absolute Gasteiger partial charge is 0.307 e. The van der Waals surface area contributed by atoms with Gasteiger partial charge in [-0.2, -0.15) is 0 Å². The summed E-state index contributed by atoms with van der Waals surface area (Å²) in [6.45, 7) is 2.20. The maximum Gasteiger partial charge on any atom is 0.307 e. The fourth-order valence-corrected chi connectivity index (χ4v) is 1.70. The van der Waals surface area contributed by atoms with E-state index in [0.29, 0.717) is 12.5 Å². The van der Waals surface area contributed by atoms with E-state index in [1.54, 1.807) is 0 Å². The van der Waals surface area contributed by atoms with Gasteiger partial charge in [-0.1, -0.05) is 0 Å². The van der Waals surface area contributed by atoms with Crippen LogP contribution in [0.2, 0.25) is 0 Å². The van der Waals surface area contributed by atoms with Gasteiger partial charge in [0.05, 0.1) is 19.6 Å². The molecule has 0 spiro atoms. The highest BCUT2D eigenvalue weighted by Crippen LogP contribution is 2.18. The van der Waals surface area contributed by atoms with Gasteiger partial charge in [0.25, 0.3) is 0 Å². The van der Waals surface area contributed by atoms with E-state index in [9.17, 15) is 4.79 Å². The van der Waals surface area contributed by atoms with E-state index in [0.717, 1.165) is 32.6 Å². The fourth-order valence-electron chi connectivity index (χ4n) is 1.70. The number of ether oxygens (including phenoxy) is 2. The summed E-state index contributed by atoms with van der Waals surface area (Å²) in [4.78, 5) is 11.4. The molecule has 1 aliphatic heterocycles. The number of carbonyl (C=O) groups excluding carboxylic acids is 1. The molecule has 0 radical (unpaired) electrons. The van der Waals surface area contributed by atoms with Crippen LogP contribution in [-0.4, -0.2) is 37.9 Å². The molecule has 1 saturated heterocycles. The van der Waals surface area contributed by atoms with E-state index in [1.807, 2.05) is 0 Å². The second kappa shape index (κ2) is 5.47. The molecule has 0 bridgehead atoms. The molecule has 2 rings (SSSR count). The summed E-state index contributed by atoms with van der Waals surface area (Å²) in [6, 6.07) is 0.667. The summed E-state index contributed by atoms with van der Waals surface area (Å²) in [6.07, 6.45) is 4.80. The van der Waals surface area contributed by atoms with Crippen LogP contribution in [0.4, 0.5) is 0 Å². The third-order valence-electron chi connectivity index (χ3n) is 2.81. The molecule has 1 saturated carbocycles. The molecule has 1 N–H and O–H groups in total. The molecule has 4 nitrogen and oxygen atoms in total. The summed E-state index contributed by atoms with van der Waals surface area (Å²) >= 11 is 0. The van der Waals surface area contributed by atoms with E-state index >= 15 is 0 Å². The van der Waals surface area contributed by atoms with Gasteiger partial charge in [-0.15, -0.1) is 0 Å². The molecule has 2 fully saturated rings. The highest BCUT2D eigenvalue weighted by atomic mass is 16.6. The minimum absolute atomic E-state index is 0.0740. The van der Waals surface area contributed by atoms with Crippen LogP contribution in [0.1, 0.15) is 32.1 Å². The molecule has 86 valence electrons. The lowest BCUT2D eigenvalue weighted by Crippen LogP contribution is -2.28. The van der Waals surface area contributed by atoms with Gasteiger partial charge in [0.1, 0.15) is 6.10 Å². The number of hydrogen-bond donors (Lipinski definition) is 1. The predicted molar refractivity (Wildman–Crippen MR) is 55.6 cm³/mol. The van der Waals surface area contributed by atoms with Gasteiger partial charge in [0, 0.05) is 25.4 Å². The van der Waals surface area contributed by atoms with E-state index in [-0.39, 0.29) is 12.1 Å². The lowest BCUT2D eigenvalue weighted by molar-refractivity contribution is -0.152. The minimum Gasteiger partial charge on any atom is -0.462 e. The monoisotopic (exact) mass is 213 g/mol. The number of carbonyl (C=O) groups is 1. The van der Waals surface area contributed by atoms with Crippen molar-refractivity contribution < 1.29 is 14.3 Å². The Kier molecular flexibility index (Phi) is 3.97. The molecule has 4 heteroatoms. The van der Waals surface area contributed by atoms with Crippen molar-refractivity contribution in [1.82, 2.24) is 5.32 Å². The molecule has 0 unspecified atom stereocenters. The second-order valence-electron chi connectivity index (χ2n) is 4.28. The lowest BCUT2D eigenvalue weighted by atomic mass is 10.1. The maximum atomic E-state index is 11.4. The number of nitrogens with one attached hydrogen (secondary N) is 1.